The largest absolute Gasteiger partial charge is 0.493 e. The van der Waals surface area contributed by atoms with Crippen LogP contribution in [-0.4, -0.2) is 47.5 Å². The monoisotopic (exact) mass is 407 g/mol. The van der Waals surface area contributed by atoms with Crippen LogP contribution in [0.25, 0.3) is 5.69 Å². The van der Waals surface area contributed by atoms with Crippen molar-refractivity contribution in [2.75, 3.05) is 12.4 Å². The van der Waals surface area contributed by atoms with Crippen LogP contribution >= 0.6 is 0 Å². The van der Waals surface area contributed by atoms with Crippen molar-refractivity contribution in [3.05, 3.63) is 59.4 Å². The predicted molar refractivity (Wildman–Crippen MR) is 107 cm³/mol. The summed E-state index contributed by atoms with van der Waals surface area (Å²) in [6.07, 6.45) is 0. The topological polar surface area (TPSA) is 118 Å². The van der Waals surface area contributed by atoms with E-state index in [0.29, 0.717) is 29.8 Å². The number of anilines is 1. The van der Waals surface area contributed by atoms with E-state index in [9.17, 15) is 0 Å². The fraction of sp³-hybridized carbons (Fsp3) is 0.263. The molecule has 2 aromatic carbocycles. The van der Waals surface area contributed by atoms with Crippen LogP contribution in [0.1, 0.15) is 17.0 Å². The average molecular weight is 407 g/mol. The third kappa shape index (κ3) is 4.19. The lowest BCUT2D eigenvalue weighted by atomic mass is 10.2. The Balaban J connectivity index is 1.44. The van der Waals surface area contributed by atoms with Gasteiger partial charge in [-0.25, -0.2) is 4.68 Å². The molecule has 0 fully saturated rings. The highest BCUT2D eigenvalue weighted by atomic mass is 16.5. The number of nitrogens with zero attached hydrogens (tertiary/aromatic N) is 8. The Kier molecular flexibility index (Phi) is 5.50. The number of aromatic nitrogens is 8. The lowest BCUT2D eigenvalue weighted by Crippen LogP contribution is -2.08. The Morgan fingerprint density at radius 1 is 0.967 bits per heavy atom. The molecule has 30 heavy (non-hydrogen) atoms. The van der Waals surface area contributed by atoms with Crippen LogP contribution in [0.2, 0.25) is 0 Å². The van der Waals surface area contributed by atoms with Gasteiger partial charge in [-0.15, -0.1) is 5.10 Å². The standard InChI is InChI=1S/C19H21N9O2/c1-13-4-7-15(8-5-13)28-18(21-23-26-28)12-30-16-9-6-14(10-17(16)29-3)11-20-19-22-24-25-27(19)2/h4-10H,11-12H2,1-3H3,(H,20,22,25). The fourth-order valence-electron chi connectivity index (χ4n) is 2.83. The number of nitrogens with one attached hydrogen (secondary N) is 1. The van der Waals surface area contributed by atoms with Crippen molar-refractivity contribution in [3.63, 3.8) is 0 Å². The SMILES string of the molecule is COc1cc(CNc2nnnn2C)ccc1OCc1nnnn1-c1ccc(C)cc1. The lowest BCUT2D eigenvalue weighted by Gasteiger charge is -2.12. The van der Waals surface area contributed by atoms with Crippen molar-refractivity contribution in [2.45, 2.75) is 20.1 Å². The van der Waals surface area contributed by atoms with Crippen LogP contribution in [0, 0.1) is 6.92 Å². The van der Waals surface area contributed by atoms with Gasteiger partial charge in [-0.2, -0.15) is 4.68 Å². The summed E-state index contributed by atoms with van der Waals surface area (Å²) in [4.78, 5) is 0. The number of rotatable bonds is 8. The summed E-state index contributed by atoms with van der Waals surface area (Å²) < 4.78 is 14.6. The molecule has 0 amide bonds. The maximum atomic E-state index is 5.94. The van der Waals surface area contributed by atoms with E-state index in [0.717, 1.165) is 11.3 Å². The summed E-state index contributed by atoms with van der Waals surface area (Å²) in [6.45, 7) is 2.76. The predicted octanol–water partition coefficient (Wildman–Crippen LogP) is 1.69. The van der Waals surface area contributed by atoms with Gasteiger partial charge in [0.15, 0.2) is 23.9 Å². The van der Waals surface area contributed by atoms with Crippen LogP contribution in [0.4, 0.5) is 5.95 Å². The number of hydrogen-bond donors (Lipinski definition) is 1. The molecule has 0 radical (unpaired) electrons. The molecule has 0 aliphatic rings. The Bertz CT molecular complexity index is 1120. The molecule has 2 heterocycles. The molecule has 154 valence electrons. The van der Waals surface area contributed by atoms with Gasteiger partial charge >= 0.3 is 0 Å². The Hall–Kier alpha value is -4.02. The summed E-state index contributed by atoms with van der Waals surface area (Å²) in [5, 5.41) is 26.4. The summed E-state index contributed by atoms with van der Waals surface area (Å²) in [5.74, 6) is 2.37. The number of benzene rings is 2. The zero-order chi connectivity index (χ0) is 20.9. The minimum absolute atomic E-state index is 0.194. The average Bonchev–Trinajstić information content (AvgIpc) is 3.40. The van der Waals surface area contributed by atoms with Crippen LogP contribution in [0.3, 0.4) is 0 Å². The first-order valence-electron chi connectivity index (χ1n) is 9.24. The molecule has 4 rings (SSSR count). The molecular formula is C19H21N9O2. The minimum atomic E-state index is 0.194. The second-order valence-electron chi connectivity index (χ2n) is 6.60. The molecule has 0 aliphatic heterocycles. The summed E-state index contributed by atoms with van der Waals surface area (Å²) in [5.41, 5.74) is 3.03. The molecule has 0 bridgehead atoms. The molecule has 0 unspecified atom stereocenters. The van der Waals surface area contributed by atoms with Crippen molar-refractivity contribution < 1.29 is 9.47 Å². The first-order valence-corrected chi connectivity index (χ1v) is 9.24. The van der Waals surface area contributed by atoms with Gasteiger partial charge in [-0.3, -0.25) is 0 Å². The Morgan fingerprint density at radius 2 is 1.77 bits per heavy atom. The number of aryl methyl sites for hydroxylation is 2. The van der Waals surface area contributed by atoms with Crippen LogP contribution < -0.4 is 14.8 Å². The zero-order valence-electron chi connectivity index (χ0n) is 16.8. The summed E-state index contributed by atoms with van der Waals surface area (Å²) in [7, 11) is 3.37. The molecular weight excluding hydrogens is 386 g/mol. The van der Waals surface area contributed by atoms with E-state index in [-0.39, 0.29) is 6.61 Å². The molecule has 0 aliphatic carbocycles. The number of ether oxygens (including phenoxy) is 2. The quantitative estimate of drug-likeness (QED) is 0.465. The van der Waals surface area contributed by atoms with Crippen molar-refractivity contribution in [1.29, 1.82) is 0 Å². The van der Waals surface area contributed by atoms with Crippen LogP contribution in [0.15, 0.2) is 42.5 Å². The molecule has 4 aromatic rings. The van der Waals surface area contributed by atoms with Gasteiger partial charge in [0.1, 0.15) is 0 Å². The van der Waals surface area contributed by atoms with Gasteiger partial charge in [-0.1, -0.05) is 28.9 Å². The number of tetrazole rings is 2. The van der Waals surface area contributed by atoms with Crippen molar-refractivity contribution in [3.8, 4) is 17.2 Å². The maximum absolute atomic E-state index is 5.94. The number of methoxy groups -OCH3 is 1. The first kappa shape index (κ1) is 19.3. The summed E-state index contributed by atoms with van der Waals surface area (Å²) >= 11 is 0. The fourth-order valence-corrected chi connectivity index (χ4v) is 2.83. The van der Waals surface area contributed by atoms with Gasteiger partial charge in [0.25, 0.3) is 0 Å². The minimum Gasteiger partial charge on any atom is -0.493 e. The van der Waals surface area contributed by atoms with E-state index in [2.05, 4.69) is 36.4 Å². The van der Waals surface area contributed by atoms with E-state index < -0.39 is 0 Å². The zero-order valence-corrected chi connectivity index (χ0v) is 16.8. The van der Waals surface area contributed by atoms with Gasteiger partial charge in [0.05, 0.1) is 12.8 Å². The van der Waals surface area contributed by atoms with Crippen molar-refractivity contribution in [2.24, 2.45) is 7.05 Å². The maximum Gasteiger partial charge on any atom is 0.242 e. The molecule has 11 nitrogen and oxygen atoms in total. The second kappa shape index (κ2) is 8.55. The van der Waals surface area contributed by atoms with Crippen molar-refractivity contribution >= 4 is 5.95 Å². The third-order valence-electron chi connectivity index (χ3n) is 4.47. The van der Waals surface area contributed by atoms with Gasteiger partial charge < -0.3 is 14.8 Å². The van der Waals surface area contributed by atoms with Gasteiger partial charge in [-0.05, 0) is 57.6 Å². The van der Waals surface area contributed by atoms with Gasteiger partial charge in [0, 0.05) is 13.6 Å². The van der Waals surface area contributed by atoms with Gasteiger partial charge in [0.2, 0.25) is 5.95 Å². The highest BCUT2D eigenvalue weighted by Crippen LogP contribution is 2.29. The number of hydrogen-bond acceptors (Lipinski definition) is 9. The van der Waals surface area contributed by atoms with E-state index in [1.807, 2.05) is 49.4 Å². The van der Waals surface area contributed by atoms with Crippen LogP contribution in [0.5, 0.6) is 11.5 Å². The van der Waals surface area contributed by atoms with Crippen molar-refractivity contribution in [1.82, 2.24) is 40.4 Å². The lowest BCUT2D eigenvalue weighted by molar-refractivity contribution is 0.273. The summed E-state index contributed by atoms with van der Waals surface area (Å²) in [6, 6.07) is 13.6. The Labute approximate surface area is 172 Å². The smallest absolute Gasteiger partial charge is 0.242 e. The third-order valence-corrected chi connectivity index (χ3v) is 4.47. The van der Waals surface area contributed by atoms with E-state index >= 15 is 0 Å². The first-order chi connectivity index (χ1) is 14.6. The molecule has 0 saturated heterocycles. The highest BCUT2D eigenvalue weighted by Gasteiger charge is 2.12. The van der Waals surface area contributed by atoms with E-state index in [1.165, 1.54) is 5.56 Å². The molecule has 2 aromatic heterocycles. The molecule has 0 spiro atoms. The molecule has 0 saturated carbocycles. The van der Waals surface area contributed by atoms with Crippen LogP contribution in [-0.2, 0) is 20.2 Å². The van der Waals surface area contributed by atoms with E-state index in [4.69, 9.17) is 9.47 Å². The normalized spacial score (nSPS) is 10.8. The second-order valence-corrected chi connectivity index (χ2v) is 6.60. The molecule has 11 heteroatoms. The highest BCUT2D eigenvalue weighted by molar-refractivity contribution is 5.44. The molecule has 1 N–H and O–H groups in total. The Morgan fingerprint density at radius 3 is 2.50 bits per heavy atom. The van der Waals surface area contributed by atoms with E-state index in [1.54, 1.807) is 23.5 Å². The molecule has 0 atom stereocenters.